The third kappa shape index (κ3) is 5.13. The molecule has 2 aromatic carbocycles. The molecule has 0 aliphatic heterocycles. The molecule has 0 heterocycles. The summed E-state index contributed by atoms with van der Waals surface area (Å²) in [4.78, 5) is 0. The minimum absolute atomic E-state index is 0.0251. The number of halogens is 2. The van der Waals surface area contributed by atoms with E-state index in [9.17, 15) is 13.9 Å². The van der Waals surface area contributed by atoms with Crippen molar-refractivity contribution in [3.05, 3.63) is 65.7 Å². The van der Waals surface area contributed by atoms with E-state index in [0.29, 0.717) is 6.61 Å². The predicted molar refractivity (Wildman–Crippen MR) is 77.0 cm³/mol. The Labute approximate surface area is 122 Å². The second kappa shape index (κ2) is 7.71. The molecule has 0 spiro atoms. The van der Waals surface area contributed by atoms with E-state index in [4.69, 9.17) is 4.74 Å². The molecule has 0 aliphatic carbocycles. The summed E-state index contributed by atoms with van der Waals surface area (Å²) in [5.41, 5.74) is 1.03. The lowest BCUT2D eigenvalue weighted by molar-refractivity contribution is 0.0348. The summed E-state index contributed by atoms with van der Waals surface area (Å²) in [5, 5.41) is 12.4. The zero-order valence-corrected chi connectivity index (χ0v) is 11.4. The molecule has 21 heavy (non-hydrogen) atoms. The van der Waals surface area contributed by atoms with E-state index in [1.807, 2.05) is 30.3 Å². The molecule has 0 aromatic heterocycles. The molecule has 0 amide bonds. The van der Waals surface area contributed by atoms with Crippen LogP contribution in [0, 0.1) is 11.6 Å². The molecular weight excluding hydrogens is 276 g/mol. The van der Waals surface area contributed by atoms with Gasteiger partial charge in [0.1, 0.15) is 11.6 Å². The van der Waals surface area contributed by atoms with Gasteiger partial charge in [0, 0.05) is 6.54 Å². The quantitative estimate of drug-likeness (QED) is 0.824. The van der Waals surface area contributed by atoms with Crippen molar-refractivity contribution in [2.24, 2.45) is 0 Å². The highest BCUT2D eigenvalue weighted by atomic mass is 19.1. The molecule has 2 N–H and O–H groups in total. The SMILES string of the molecule is OC(CNc1cc(F)ccc1F)COCc1ccccc1. The number of ether oxygens (including phenoxy) is 1. The van der Waals surface area contributed by atoms with Gasteiger partial charge in [-0.2, -0.15) is 0 Å². The minimum Gasteiger partial charge on any atom is -0.389 e. The number of hydrogen-bond donors (Lipinski definition) is 2. The lowest BCUT2D eigenvalue weighted by Gasteiger charge is -2.14. The minimum atomic E-state index is -0.809. The zero-order chi connectivity index (χ0) is 15.1. The molecule has 0 aliphatic rings. The molecule has 2 rings (SSSR count). The van der Waals surface area contributed by atoms with E-state index < -0.39 is 17.7 Å². The van der Waals surface area contributed by atoms with Crippen LogP contribution >= 0.6 is 0 Å². The molecular formula is C16H17F2NO2. The molecule has 5 heteroatoms. The molecule has 2 aromatic rings. The van der Waals surface area contributed by atoms with Crippen LogP contribution in [0.3, 0.4) is 0 Å². The van der Waals surface area contributed by atoms with Crippen molar-refractivity contribution in [2.45, 2.75) is 12.7 Å². The van der Waals surface area contributed by atoms with Gasteiger partial charge in [0.25, 0.3) is 0 Å². The summed E-state index contributed by atoms with van der Waals surface area (Å²) in [6.45, 7) is 0.584. The second-order valence-electron chi connectivity index (χ2n) is 4.66. The number of rotatable bonds is 7. The van der Waals surface area contributed by atoms with Gasteiger partial charge in [0.05, 0.1) is 25.0 Å². The fourth-order valence-electron chi connectivity index (χ4n) is 1.81. The first-order valence-electron chi connectivity index (χ1n) is 6.64. The van der Waals surface area contributed by atoms with E-state index in [0.717, 1.165) is 23.8 Å². The summed E-state index contributed by atoms with van der Waals surface area (Å²) in [6, 6.07) is 12.7. The molecule has 1 unspecified atom stereocenters. The maximum atomic E-state index is 13.4. The second-order valence-corrected chi connectivity index (χ2v) is 4.66. The van der Waals surface area contributed by atoms with Crippen molar-refractivity contribution >= 4 is 5.69 Å². The van der Waals surface area contributed by atoms with E-state index >= 15 is 0 Å². The van der Waals surface area contributed by atoms with E-state index in [-0.39, 0.29) is 18.8 Å². The van der Waals surface area contributed by atoms with Gasteiger partial charge in [-0.3, -0.25) is 0 Å². The van der Waals surface area contributed by atoms with Gasteiger partial charge in [-0.05, 0) is 23.8 Å². The van der Waals surface area contributed by atoms with Gasteiger partial charge in [0.15, 0.2) is 0 Å². The van der Waals surface area contributed by atoms with Crippen LogP contribution in [0.15, 0.2) is 48.5 Å². The summed E-state index contributed by atoms with van der Waals surface area (Å²) in [5.74, 6) is -1.09. The summed E-state index contributed by atoms with van der Waals surface area (Å²) < 4.78 is 31.7. The van der Waals surface area contributed by atoms with Gasteiger partial charge >= 0.3 is 0 Å². The Bertz CT molecular complexity index is 563. The van der Waals surface area contributed by atoms with Crippen molar-refractivity contribution in [3.8, 4) is 0 Å². The number of benzene rings is 2. The first-order valence-corrected chi connectivity index (χ1v) is 6.64. The highest BCUT2D eigenvalue weighted by molar-refractivity contribution is 5.44. The van der Waals surface area contributed by atoms with Crippen LogP contribution in [0.4, 0.5) is 14.5 Å². The van der Waals surface area contributed by atoms with Crippen LogP contribution in [0.25, 0.3) is 0 Å². The molecule has 3 nitrogen and oxygen atoms in total. The van der Waals surface area contributed by atoms with Crippen LogP contribution in [0.5, 0.6) is 0 Å². The van der Waals surface area contributed by atoms with Crippen molar-refractivity contribution < 1.29 is 18.6 Å². The number of anilines is 1. The van der Waals surface area contributed by atoms with E-state index in [1.165, 1.54) is 0 Å². The largest absolute Gasteiger partial charge is 0.389 e. The lowest BCUT2D eigenvalue weighted by Crippen LogP contribution is -2.25. The number of aliphatic hydroxyl groups excluding tert-OH is 1. The van der Waals surface area contributed by atoms with Gasteiger partial charge in [-0.1, -0.05) is 30.3 Å². The highest BCUT2D eigenvalue weighted by Crippen LogP contribution is 2.15. The molecule has 0 fully saturated rings. The van der Waals surface area contributed by atoms with Crippen molar-refractivity contribution in [3.63, 3.8) is 0 Å². The average molecular weight is 293 g/mol. The molecule has 112 valence electrons. The normalized spacial score (nSPS) is 12.1. The van der Waals surface area contributed by atoms with Crippen molar-refractivity contribution in [1.82, 2.24) is 0 Å². The van der Waals surface area contributed by atoms with Crippen molar-refractivity contribution in [1.29, 1.82) is 0 Å². The standard InChI is InChI=1S/C16H17F2NO2/c17-13-6-7-15(18)16(8-13)19-9-14(20)11-21-10-12-4-2-1-3-5-12/h1-8,14,19-20H,9-11H2. The first kappa shape index (κ1) is 15.4. The molecule has 0 saturated heterocycles. The maximum absolute atomic E-state index is 13.4. The molecule has 1 atom stereocenters. The summed E-state index contributed by atoms with van der Waals surface area (Å²) in [6.07, 6.45) is -0.809. The number of hydrogen-bond acceptors (Lipinski definition) is 3. The summed E-state index contributed by atoms with van der Waals surface area (Å²) in [7, 11) is 0. The Kier molecular flexibility index (Phi) is 5.66. The van der Waals surface area contributed by atoms with Crippen molar-refractivity contribution in [2.75, 3.05) is 18.5 Å². The first-order chi connectivity index (χ1) is 10.1. The fraction of sp³-hybridized carbons (Fsp3) is 0.250. The Morgan fingerprint density at radius 1 is 1.10 bits per heavy atom. The third-order valence-corrected chi connectivity index (χ3v) is 2.88. The number of nitrogens with one attached hydrogen (secondary N) is 1. The van der Waals surface area contributed by atoms with Crippen LogP contribution in [-0.4, -0.2) is 24.4 Å². The Morgan fingerprint density at radius 3 is 2.62 bits per heavy atom. The van der Waals surface area contributed by atoms with E-state index in [2.05, 4.69) is 5.32 Å². The van der Waals surface area contributed by atoms with Gasteiger partial charge < -0.3 is 15.2 Å². The lowest BCUT2D eigenvalue weighted by atomic mass is 10.2. The van der Waals surface area contributed by atoms with E-state index in [1.54, 1.807) is 0 Å². The van der Waals surface area contributed by atoms with Crippen LogP contribution < -0.4 is 5.32 Å². The van der Waals surface area contributed by atoms with Crippen LogP contribution in [0.2, 0.25) is 0 Å². The Morgan fingerprint density at radius 2 is 1.86 bits per heavy atom. The average Bonchev–Trinajstić information content (AvgIpc) is 2.49. The zero-order valence-electron chi connectivity index (χ0n) is 11.4. The molecule has 0 radical (unpaired) electrons. The number of aliphatic hydroxyl groups is 1. The van der Waals surface area contributed by atoms with Crippen LogP contribution in [-0.2, 0) is 11.3 Å². The highest BCUT2D eigenvalue weighted by Gasteiger charge is 2.08. The Hall–Kier alpha value is -1.98. The summed E-state index contributed by atoms with van der Waals surface area (Å²) >= 11 is 0. The third-order valence-electron chi connectivity index (χ3n) is 2.88. The van der Waals surface area contributed by atoms with Gasteiger partial charge in [-0.25, -0.2) is 8.78 Å². The monoisotopic (exact) mass is 293 g/mol. The van der Waals surface area contributed by atoms with Gasteiger partial charge in [-0.15, -0.1) is 0 Å². The maximum Gasteiger partial charge on any atom is 0.146 e. The Balaban J connectivity index is 1.72. The fourth-order valence-corrected chi connectivity index (χ4v) is 1.81. The van der Waals surface area contributed by atoms with Gasteiger partial charge in [0.2, 0.25) is 0 Å². The topological polar surface area (TPSA) is 41.5 Å². The molecule has 0 saturated carbocycles. The predicted octanol–water partition coefficient (Wildman–Crippen LogP) is 2.95. The smallest absolute Gasteiger partial charge is 0.146 e. The molecule has 0 bridgehead atoms. The van der Waals surface area contributed by atoms with Crippen LogP contribution in [0.1, 0.15) is 5.56 Å².